The molecule has 0 atom stereocenters. The van der Waals surface area contributed by atoms with Crippen LogP contribution in [0.15, 0.2) is 48.8 Å². The molecule has 102 valence electrons. The van der Waals surface area contributed by atoms with E-state index < -0.39 is 0 Å². The van der Waals surface area contributed by atoms with E-state index in [-0.39, 0.29) is 6.03 Å². The standard InChI is InChI=1S/C15H14ClN3O/c1-11-3-2-9-17-14(11)19-15(20)18-10-8-12-4-6-13(16)7-5-12/h2-10H,1H3,(H2,17,18,19,20)/b10-8+. The van der Waals surface area contributed by atoms with E-state index in [2.05, 4.69) is 15.6 Å². The smallest absolute Gasteiger partial charge is 0.314 e. The molecule has 0 aliphatic rings. The molecule has 2 rings (SSSR count). The summed E-state index contributed by atoms with van der Waals surface area (Å²) in [6, 6.07) is 10.7. The molecule has 2 N–H and O–H groups in total. The zero-order valence-corrected chi connectivity index (χ0v) is 11.7. The summed E-state index contributed by atoms with van der Waals surface area (Å²) in [6.07, 6.45) is 4.98. The molecule has 1 aromatic heterocycles. The van der Waals surface area contributed by atoms with Crippen LogP contribution in [0.4, 0.5) is 10.6 Å². The Kier molecular flexibility index (Phi) is 4.74. The molecule has 0 aliphatic heterocycles. The predicted octanol–water partition coefficient (Wildman–Crippen LogP) is 3.84. The van der Waals surface area contributed by atoms with Gasteiger partial charge in [-0.15, -0.1) is 0 Å². The van der Waals surface area contributed by atoms with Crippen LogP contribution in [0.2, 0.25) is 5.02 Å². The van der Waals surface area contributed by atoms with E-state index in [1.807, 2.05) is 31.2 Å². The Morgan fingerprint density at radius 3 is 2.70 bits per heavy atom. The van der Waals surface area contributed by atoms with E-state index in [4.69, 9.17) is 11.6 Å². The Balaban J connectivity index is 1.89. The van der Waals surface area contributed by atoms with Crippen molar-refractivity contribution in [2.24, 2.45) is 0 Å². The average Bonchev–Trinajstić information content (AvgIpc) is 2.44. The van der Waals surface area contributed by atoms with Gasteiger partial charge < -0.3 is 5.32 Å². The van der Waals surface area contributed by atoms with E-state index in [0.29, 0.717) is 10.8 Å². The first-order valence-corrected chi connectivity index (χ1v) is 6.44. The molecule has 0 saturated heterocycles. The normalized spacial score (nSPS) is 10.5. The van der Waals surface area contributed by atoms with Crippen molar-refractivity contribution < 1.29 is 4.79 Å². The number of anilines is 1. The first kappa shape index (κ1) is 14.1. The third kappa shape index (κ3) is 4.10. The lowest BCUT2D eigenvalue weighted by atomic mass is 10.2. The highest BCUT2D eigenvalue weighted by Crippen LogP contribution is 2.10. The molecular formula is C15H14ClN3O. The number of aromatic nitrogens is 1. The van der Waals surface area contributed by atoms with Crippen molar-refractivity contribution in [1.82, 2.24) is 10.3 Å². The summed E-state index contributed by atoms with van der Waals surface area (Å²) in [5.74, 6) is 0.546. The maximum Gasteiger partial charge on any atom is 0.324 e. The Morgan fingerprint density at radius 2 is 2.00 bits per heavy atom. The van der Waals surface area contributed by atoms with Gasteiger partial charge in [0.25, 0.3) is 0 Å². The molecule has 1 heterocycles. The zero-order chi connectivity index (χ0) is 14.4. The highest BCUT2D eigenvalue weighted by atomic mass is 35.5. The summed E-state index contributed by atoms with van der Waals surface area (Å²) >= 11 is 5.79. The van der Waals surface area contributed by atoms with Crippen LogP contribution in [0.1, 0.15) is 11.1 Å². The Labute approximate surface area is 122 Å². The Hall–Kier alpha value is -2.33. The summed E-state index contributed by atoms with van der Waals surface area (Å²) in [5.41, 5.74) is 1.85. The Morgan fingerprint density at radius 1 is 1.25 bits per heavy atom. The Bertz CT molecular complexity index is 623. The van der Waals surface area contributed by atoms with Crippen molar-refractivity contribution in [3.63, 3.8) is 0 Å². The number of halogens is 1. The first-order valence-electron chi connectivity index (χ1n) is 6.06. The summed E-state index contributed by atoms with van der Waals surface area (Å²) in [4.78, 5) is 15.8. The van der Waals surface area contributed by atoms with Crippen molar-refractivity contribution in [3.05, 3.63) is 64.9 Å². The molecule has 20 heavy (non-hydrogen) atoms. The summed E-state index contributed by atoms with van der Waals surface area (Å²) in [7, 11) is 0. The van der Waals surface area contributed by atoms with Crippen LogP contribution in [-0.4, -0.2) is 11.0 Å². The minimum Gasteiger partial charge on any atom is -0.314 e. The van der Waals surface area contributed by atoms with E-state index >= 15 is 0 Å². The lowest BCUT2D eigenvalue weighted by Gasteiger charge is -2.05. The van der Waals surface area contributed by atoms with Crippen LogP contribution < -0.4 is 10.6 Å². The van der Waals surface area contributed by atoms with Gasteiger partial charge in [-0.05, 0) is 42.3 Å². The number of aryl methyl sites for hydroxylation is 1. The number of hydrogen-bond acceptors (Lipinski definition) is 2. The molecule has 0 spiro atoms. The fraction of sp³-hybridized carbons (Fsp3) is 0.0667. The monoisotopic (exact) mass is 287 g/mol. The van der Waals surface area contributed by atoms with E-state index in [9.17, 15) is 4.79 Å². The molecule has 2 amide bonds. The van der Waals surface area contributed by atoms with Crippen molar-refractivity contribution in [2.75, 3.05) is 5.32 Å². The van der Waals surface area contributed by atoms with Gasteiger partial charge in [-0.25, -0.2) is 9.78 Å². The molecule has 0 unspecified atom stereocenters. The first-order chi connectivity index (χ1) is 9.65. The molecule has 0 radical (unpaired) electrons. The minimum absolute atomic E-state index is 0.336. The molecular weight excluding hydrogens is 274 g/mol. The number of benzene rings is 1. The number of carbonyl (C=O) groups is 1. The van der Waals surface area contributed by atoms with Crippen LogP contribution in [-0.2, 0) is 0 Å². The quantitative estimate of drug-likeness (QED) is 0.901. The maximum absolute atomic E-state index is 11.7. The number of nitrogens with zero attached hydrogens (tertiary/aromatic N) is 1. The largest absolute Gasteiger partial charge is 0.324 e. The lowest BCUT2D eigenvalue weighted by Crippen LogP contribution is -2.24. The lowest BCUT2D eigenvalue weighted by molar-refractivity contribution is 0.255. The number of amides is 2. The van der Waals surface area contributed by atoms with Gasteiger partial charge in [0.15, 0.2) is 0 Å². The van der Waals surface area contributed by atoms with Crippen molar-refractivity contribution in [3.8, 4) is 0 Å². The second kappa shape index (κ2) is 6.73. The van der Waals surface area contributed by atoms with Crippen LogP contribution in [0.5, 0.6) is 0 Å². The number of pyridine rings is 1. The number of hydrogen-bond donors (Lipinski definition) is 2. The maximum atomic E-state index is 11.7. The fourth-order valence-electron chi connectivity index (χ4n) is 1.55. The second-order valence-corrected chi connectivity index (χ2v) is 4.59. The molecule has 0 fully saturated rings. The van der Waals surface area contributed by atoms with Gasteiger partial charge >= 0.3 is 6.03 Å². The van der Waals surface area contributed by atoms with Gasteiger partial charge in [0, 0.05) is 17.4 Å². The van der Waals surface area contributed by atoms with Gasteiger partial charge in [0.1, 0.15) is 5.82 Å². The molecule has 0 bridgehead atoms. The number of nitrogens with one attached hydrogen (secondary N) is 2. The van der Waals surface area contributed by atoms with Crippen molar-refractivity contribution in [1.29, 1.82) is 0 Å². The number of carbonyl (C=O) groups excluding carboxylic acids is 1. The SMILES string of the molecule is Cc1cccnc1NC(=O)N/C=C/c1ccc(Cl)cc1. The van der Waals surface area contributed by atoms with Gasteiger partial charge in [0.05, 0.1) is 0 Å². The van der Waals surface area contributed by atoms with Crippen molar-refractivity contribution in [2.45, 2.75) is 6.92 Å². The summed E-state index contributed by atoms with van der Waals surface area (Å²) in [5, 5.41) is 5.97. The molecule has 1 aromatic carbocycles. The molecule has 5 heteroatoms. The molecule has 0 saturated carbocycles. The molecule has 0 aliphatic carbocycles. The summed E-state index contributed by atoms with van der Waals surface area (Å²) in [6.45, 7) is 1.88. The van der Waals surface area contributed by atoms with Crippen LogP contribution in [0, 0.1) is 6.92 Å². The van der Waals surface area contributed by atoms with E-state index in [0.717, 1.165) is 11.1 Å². The molecule has 4 nitrogen and oxygen atoms in total. The highest BCUT2D eigenvalue weighted by Gasteiger charge is 2.02. The van der Waals surface area contributed by atoms with Gasteiger partial charge in [-0.3, -0.25) is 5.32 Å². The highest BCUT2D eigenvalue weighted by molar-refractivity contribution is 6.30. The van der Waals surface area contributed by atoms with Gasteiger partial charge in [-0.2, -0.15) is 0 Å². The topological polar surface area (TPSA) is 54.0 Å². The minimum atomic E-state index is -0.336. The number of urea groups is 1. The summed E-state index contributed by atoms with van der Waals surface area (Å²) < 4.78 is 0. The van der Waals surface area contributed by atoms with Crippen LogP contribution in [0.25, 0.3) is 6.08 Å². The van der Waals surface area contributed by atoms with Crippen molar-refractivity contribution >= 4 is 29.5 Å². The van der Waals surface area contributed by atoms with E-state index in [1.165, 1.54) is 0 Å². The average molecular weight is 288 g/mol. The molecule has 2 aromatic rings. The third-order valence-corrected chi connectivity index (χ3v) is 2.85. The zero-order valence-electron chi connectivity index (χ0n) is 10.9. The third-order valence-electron chi connectivity index (χ3n) is 2.60. The van der Waals surface area contributed by atoms with Crippen LogP contribution >= 0.6 is 11.6 Å². The predicted molar refractivity (Wildman–Crippen MR) is 81.6 cm³/mol. The fourth-order valence-corrected chi connectivity index (χ4v) is 1.67. The van der Waals surface area contributed by atoms with E-state index in [1.54, 1.807) is 30.6 Å². The second-order valence-electron chi connectivity index (χ2n) is 4.15. The number of rotatable bonds is 3. The van der Waals surface area contributed by atoms with Crippen LogP contribution in [0.3, 0.4) is 0 Å². The van der Waals surface area contributed by atoms with Gasteiger partial charge in [-0.1, -0.05) is 29.8 Å². The van der Waals surface area contributed by atoms with Gasteiger partial charge in [0.2, 0.25) is 0 Å².